The standard InChI is InChI=1S/C5H4O5/c6-1-3-2-10-4(7)5(3,8)9/h8-9H,2H2. The first-order chi connectivity index (χ1) is 4.59. The lowest BCUT2D eigenvalue weighted by atomic mass is 10.1. The fourth-order valence-electron chi connectivity index (χ4n) is 0.563. The van der Waals surface area contributed by atoms with Crippen LogP contribution in [-0.2, 0) is 14.3 Å². The smallest absolute Gasteiger partial charge is 0.372 e. The number of rotatable bonds is 0. The zero-order chi connectivity index (χ0) is 7.78. The van der Waals surface area contributed by atoms with Crippen molar-refractivity contribution in [2.45, 2.75) is 5.79 Å². The van der Waals surface area contributed by atoms with Gasteiger partial charge in [-0.3, -0.25) is 0 Å². The summed E-state index contributed by atoms with van der Waals surface area (Å²) in [7, 11) is 0. The molecule has 2 N–H and O–H groups in total. The van der Waals surface area contributed by atoms with Gasteiger partial charge in [0, 0.05) is 0 Å². The van der Waals surface area contributed by atoms with Gasteiger partial charge >= 0.3 is 11.8 Å². The van der Waals surface area contributed by atoms with E-state index in [4.69, 9.17) is 10.2 Å². The molecule has 0 aromatic rings. The first-order valence-corrected chi connectivity index (χ1v) is 2.45. The lowest BCUT2D eigenvalue weighted by molar-refractivity contribution is -0.181. The molecule has 1 heterocycles. The third-order valence-electron chi connectivity index (χ3n) is 1.18. The van der Waals surface area contributed by atoms with Gasteiger partial charge in [-0.25, -0.2) is 9.59 Å². The molecule has 0 spiro atoms. The number of cyclic esters (lactones) is 1. The van der Waals surface area contributed by atoms with E-state index >= 15 is 0 Å². The number of esters is 1. The fraction of sp³-hybridized carbons (Fsp3) is 0.400. The molecule has 0 bridgehead atoms. The van der Waals surface area contributed by atoms with E-state index in [-0.39, 0.29) is 0 Å². The molecule has 0 aliphatic carbocycles. The highest BCUT2D eigenvalue weighted by molar-refractivity contribution is 5.87. The van der Waals surface area contributed by atoms with Crippen molar-refractivity contribution in [1.82, 2.24) is 0 Å². The summed E-state index contributed by atoms with van der Waals surface area (Å²) in [6.45, 7) is -0.394. The Labute approximate surface area is 55.5 Å². The molecule has 5 nitrogen and oxygen atoms in total. The number of carbonyl (C=O) groups excluding carboxylic acids is 2. The van der Waals surface area contributed by atoms with Crippen molar-refractivity contribution in [3.63, 3.8) is 0 Å². The van der Waals surface area contributed by atoms with E-state index in [1.54, 1.807) is 0 Å². The van der Waals surface area contributed by atoms with E-state index in [1.807, 2.05) is 0 Å². The van der Waals surface area contributed by atoms with Crippen LogP contribution in [0.4, 0.5) is 0 Å². The van der Waals surface area contributed by atoms with Crippen LogP contribution in [-0.4, -0.2) is 34.5 Å². The zero-order valence-electron chi connectivity index (χ0n) is 4.83. The molecule has 1 aliphatic rings. The molecule has 5 heteroatoms. The molecule has 0 amide bonds. The number of ether oxygens (including phenoxy) is 1. The van der Waals surface area contributed by atoms with E-state index in [9.17, 15) is 9.59 Å². The first-order valence-electron chi connectivity index (χ1n) is 2.45. The Hall–Kier alpha value is -1.16. The van der Waals surface area contributed by atoms with Crippen LogP contribution in [0.1, 0.15) is 0 Å². The van der Waals surface area contributed by atoms with Gasteiger partial charge in [-0.2, -0.15) is 0 Å². The molecule has 1 rings (SSSR count). The van der Waals surface area contributed by atoms with Gasteiger partial charge in [0.15, 0.2) is 0 Å². The van der Waals surface area contributed by atoms with Crippen LogP contribution in [0.2, 0.25) is 0 Å². The fourth-order valence-corrected chi connectivity index (χ4v) is 0.563. The van der Waals surface area contributed by atoms with Crippen molar-refractivity contribution in [3.8, 4) is 0 Å². The zero-order valence-corrected chi connectivity index (χ0v) is 4.83. The molecule has 0 aromatic heterocycles. The Balaban J connectivity index is 3.06. The SMILES string of the molecule is O=C=C1COC(=O)C1(O)O. The molecule has 1 fully saturated rings. The van der Waals surface area contributed by atoms with E-state index < -0.39 is 23.9 Å². The van der Waals surface area contributed by atoms with Gasteiger partial charge in [-0.15, -0.1) is 0 Å². The van der Waals surface area contributed by atoms with Crippen LogP contribution in [0.15, 0.2) is 5.57 Å². The lowest BCUT2D eigenvalue weighted by Gasteiger charge is -2.06. The van der Waals surface area contributed by atoms with E-state index in [1.165, 1.54) is 5.94 Å². The van der Waals surface area contributed by atoms with Gasteiger partial charge in [-0.05, 0) is 0 Å². The van der Waals surface area contributed by atoms with Gasteiger partial charge < -0.3 is 14.9 Å². The number of hydrogen-bond donors (Lipinski definition) is 2. The maximum absolute atomic E-state index is 10.3. The molecule has 0 aromatic carbocycles. The van der Waals surface area contributed by atoms with Crippen LogP contribution >= 0.6 is 0 Å². The molecule has 1 saturated heterocycles. The largest absolute Gasteiger partial charge is 0.456 e. The van der Waals surface area contributed by atoms with Crippen LogP contribution in [0.5, 0.6) is 0 Å². The van der Waals surface area contributed by atoms with Crippen LogP contribution in [0, 0.1) is 0 Å². The van der Waals surface area contributed by atoms with Gasteiger partial charge in [-0.1, -0.05) is 0 Å². The summed E-state index contributed by atoms with van der Waals surface area (Å²) in [5.74, 6) is -2.77. The molecule has 0 saturated carbocycles. The second-order valence-electron chi connectivity index (χ2n) is 1.83. The minimum Gasteiger partial charge on any atom is -0.456 e. The van der Waals surface area contributed by atoms with Crippen LogP contribution in [0.25, 0.3) is 0 Å². The van der Waals surface area contributed by atoms with Gasteiger partial charge in [0.2, 0.25) is 0 Å². The summed E-state index contributed by atoms with van der Waals surface area (Å²) in [5, 5.41) is 17.4. The number of carbonyl (C=O) groups is 1. The molecule has 1 aliphatic heterocycles. The highest BCUT2D eigenvalue weighted by Crippen LogP contribution is 2.20. The van der Waals surface area contributed by atoms with Crippen molar-refractivity contribution >= 4 is 11.9 Å². The number of aliphatic hydroxyl groups is 2. The van der Waals surface area contributed by atoms with Gasteiger partial charge in [0.25, 0.3) is 0 Å². The van der Waals surface area contributed by atoms with Crippen LogP contribution < -0.4 is 0 Å². The second-order valence-corrected chi connectivity index (χ2v) is 1.83. The molecule has 0 unspecified atom stereocenters. The first kappa shape index (κ1) is 6.95. The highest BCUT2D eigenvalue weighted by atomic mass is 16.6. The molecule has 0 radical (unpaired) electrons. The molecular formula is C5H4O5. The minimum absolute atomic E-state index is 0.394. The van der Waals surface area contributed by atoms with Crippen molar-refractivity contribution in [1.29, 1.82) is 0 Å². The topological polar surface area (TPSA) is 83.8 Å². The van der Waals surface area contributed by atoms with Gasteiger partial charge in [0.1, 0.15) is 18.1 Å². The summed E-state index contributed by atoms with van der Waals surface area (Å²) in [6.07, 6.45) is 0. The quantitative estimate of drug-likeness (QED) is 0.233. The van der Waals surface area contributed by atoms with E-state index in [2.05, 4.69) is 4.74 Å². The van der Waals surface area contributed by atoms with Crippen molar-refractivity contribution < 1.29 is 24.5 Å². The maximum Gasteiger partial charge on any atom is 0.372 e. The Morgan fingerprint density at radius 2 is 2.20 bits per heavy atom. The van der Waals surface area contributed by atoms with Crippen LogP contribution in [0.3, 0.4) is 0 Å². The second kappa shape index (κ2) is 1.91. The van der Waals surface area contributed by atoms with Crippen molar-refractivity contribution in [3.05, 3.63) is 5.57 Å². The third kappa shape index (κ3) is 0.733. The van der Waals surface area contributed by atoms with Gasteiger partial charge in [0.05, 0.1) is 0 Å². The Morgan fingerprint density at radius 3 is 2.40 bits per heavy atom. The predicted molar refractivity (Wildman–Crippen MR) is 27.3 cm³/mol. The number of hydrogen-bond acceptors (Lipinski definition) is 5. The third-order valence-corrected chi connectivity index (χ3v) is 1.18. The molecule has 10 heavy (non-hydrogen) atoms. The average molecular weight is 144 g/mol. The maximum atomic E-state index is 10.3. The molecule has 0 atom stereocenters. The average Bonchev–Trinajstić information content (AvgIpc) is 2.10. The van der Waals surface area contributed by atoms with E-state index in [0.717, 1.165) is 0 Å². The van der Waals surface area contributed by atoms with Crippen molar-refractivity contribution in [2.24, 2.45) is 0 Å². The Morgan fingerprint density at radius 1 is 1.60 bits per heavy atom. The normalized spacial score (nSPS) is 22.2. The molecular weight excluding hydrogens is 140 g/mol. The summed E-state index contributed by atoms with van der Waals surface area (Å²) < 4.78 is 4.13. The van der Waals surface area contributed by atoms with E-state index in [0.29, 0.717) is 0 Å². The minimum atomic E-state index is -2.75. The van der Waals surface area contributed by atoms with Crippen molar-refractivity contribution in [2.75, 3.05) is 6.61 Å². The highest BCUT2D eigenvalue weighted by Gasteiger charge is 2.47. The Kier molecular flexibility index (Phi) is 1.33. The lowest BCUT2D eigenvalue weighted by Crippen LogP contribution is -2.35. The predicted octanol–water partition coefficient (Wildman–Crippen LogP) is -2.02. The monoisotopic (exact) mass is 144 g/mol. The molecule has 54 valence electrons. The summed E-state index contributed by atoms with van der Waals surface area (Å²) in [5.41, 5.74) is -0.488. The summed E-state index contributed by atoms with van der Waals surface area (Å²) >= 11 is 0. The summed E-state index contributed by atoms with van der Waals surface area (Å²) in [4.78, 5) is 20.2. The summed E-state index contributed by atoms with van der Waals surface area (Å²) in [6, 6.07) is 0. The Bertz CT molecular complexity index is 222.